The Balaban J connectivity index is 2.33. The maximum atomic E-state index is 5.79. The molecule has 0 saturated heterocycles. The maximum absolute atomic E-state index is 5.79. The monoisotopic (exact) mass is 225 g/mol. The Labute approximate surface area is 92.8 Å². The predicted octanol–water partition coefficient (Wildman–Crippen LogP) is 3.89. The van der Waals surface area contributed by atoms with Crippen molar-refractivity contribution in [1.82, 2.24) is 4.98 Å². The number of hydrogen-bond donors (Lipinski definition) is 1. The van der Waals surface area contributed by atoms with Crippen LogP contribution in [0.25, 0.3) is 10.9 Å². The van der Waals surface area contributed by atoms with Crippen molar-refractivity contribution in [2.24, 2.45) is 0 Å². The summed E-state index contributed by atoms with van der Waals surface area (Å²) in [6, 6.07) is 8.32. The van der Waals surface area contributed by atoms with Gasteiger partial charge in [0.25, 0.3) is 0 Å². The number of nitrogens with one attached hydrogen (secondary N) is 1. The fraction of sp³-hybridized carbons (Fsp3) is 0.273. The van der Waals surface area contributed by atoms with E-state index in [2.05, 4.69) is 36.3 Å². The van der Waals surface area contributed by atoms with E-state index in [1.165, 1.54) is 15.8 Å². The lowest BCUT2D eigenvalue weighted by Crippen LogP contribution is -1.95. The number of alkyl halides is 1. The van der Waals surface area contributed by atoms with E-state index in [0.717, 1.165) is 0 Å². The first-order valence-corrected chi connectivity index (χ1v) is 6.01. The number of benzene rings is 1. The summed E-state index contributed by atoms with van der Waals surface area (Å²) >= 11 is 7.61. The van der Waals surface area contributed by atoms with Crippen molar-refractivity contribution in [3.05, 3.63) is 30.5 Å². The number of rotatable bonds is 3. The lowest BCUT2D eigenvalue weighted by atomic mass is 10.2. The SMILES string of the molecule is CC(CCl)Sc1c[nH]c2ccccc12. The Kier molecular flexibility index (Phi) is 3.04. The van der Waals surface area contributed by atoms with Crippen LogP contribution in [0.4, 0.5) is 0 Å². The zero-order valence-electron chi connectivity index (χ0n) is 7.96. The van der Waals surface area contributed by atoms with Crippen LogP contribution in [0.1, 0.15) is 6.92 Å². The van der Waals surface area contributed by atoms with Crippen molar-refractivity contribution in [3.63, 3.8) is 0 Å². The third-order valence-electron chi connectivity index (χ3n) is 2.10. The van der Waals surface area contributed by atoms with Gasteiger partial charge in [-0.15, -0.1) is 23.4 Å². The summed E-state index contributed by atoms with van der Waals surface area (Å²) in [6.45, 7) is 2.14. The van der Waals surface area contributed by atoms with E-state index >= 15 is 0 Å². The third kappa shape index (κ3) is 1.91. The number of hydrogen-bond acceptors (Lipinski definition) is 1. The molecule has 2 rings (SSSR count). The number of thioether (sulfide) groups is 1. The van der Waals surface area contributed by atoms with E-state index < -0.39 is 0 Å². The maximum Gasteiger partial charge on any atom is 0.0465 e. The van der Waals surface area contributed by atoms with Crippen molar-refractivity contribution in [3.8, 4) is 0 Å². The summed E-state index contributed by atoms with van der Waals surface area (Å²) in [5.41, 5.74) is 1.19. The van der Waals surface area contributed by atoms with E-state index in [0.29, 0.717) is 11.1 Å². The second kappa shape index (κ2) is 4.28. The van der Waals surface area contributed by atoms with Crippen molar-refractivity contribution < 1.29 is 0 Å². The van der Waals surface area contributed by atoms with Crippen molar-refractivity contribution in [1.29, 1.82) is 0 Å². The zero-order chi connectivity index (χ0) is 9.97. The number of aromatic amines is 1. The van der Waals surface area contributed by atoms with Crippen LogP contribution in [0.5, 0.6) is 0 Å². The molecule has 0 bridgehead atoms. The Morgan fingerprint density at radius 1 is 1.43 bits per heavy atom. The molecule has 1 heterocycles. The Hall–Kier alpha value is -0.600. The van der Waals surface area contributed by atoms with Crippen molar-refractivity contribution in [2.45, 2.75) is 17.1 Å². The molecule has 1 unspecified atom stereocenters. The fourth-order valence-electron chi connectivity index (χ4n) is 1.39. The highest BCUT2D eigenvalue weighted by Crippen LogP contribution is 2.30. The Bertz CT molecular complexity index is 424. The van der Waals surface area contributed by atoms with Crippen LogP contribution in [0.3, 0.4) is 0 Å². The summed E-state index contributed by atoms with van der Waals surface area (Å²) < 4.78 is 0. The molecule has 14 heavy (non-hydrogen) atoms. The largest absolute Gasteiger partial charge is 0.360 e. The molecule has 1 aromatic heterocycles. The van der Waals surface area contributed by atoms with Crippen LogP contribution in [-0.4, -0.2) is 16.1 Å². The number of fused-ring (bicyclic) bond motifs is 1. The minimum absolute atomic E-state index is 0.455. The number of halogens is 1. The minimum Gasteiger partial charge on any atom is -0.360 e. The molecule has 74 valence electrons. The molecule has 0 saturated carbocycles. The molecular formula is C11H12ClNS. The van der Waals surface area contributed by atoms with Crippen LogP contribution in [0, 0.1) is 0 Å². The van der Waals surface area contributed by atoms with Gasteiger partial charge in [0.1, 0.15) is 0 Å². The van der Waals surface area contributed by atoms with Gasteiger partial charge in [-0.2, -0.15) is 0 Å². The van der Waals surface area contributed by atoms with Crippen LogP contribution in [0.2, 0.25) is 0 Å². The van der Waals surface area contributed by atoms with Crippen LogP contribution >= 0.6 is 23.4 Å². The van der Waals surface area contributed by atoms with Gasteiger partial charge in [0, 0.05) is 33.1 Å². The van der Waals surface area contributed by atoms with Crippen LogP contribution < -0.4 is 0 Å². The van der Waals surface area contributed by atoms with Gasteiger partial charge in [0.05, 0.1) is 0 Å². The second-order valence-electron chi connectivity index (χ2n) is 3.28. The molecule has 0 amide bonds. The topological polar surface area (TPSA) is 15.8 Å². The predicted molar refractivity (Wildman–Crippen MR) is 64.3 cm³/mol. The highest BCUT2D eigenvalue weighted by atomic mass is 35.5. The van der Waals surface area contributed by atoms with Gasteiger partial charge in [-0.1, -0.05) is 25.1 Å². The molecule has 0 spiro atoms. The summed E-state index contributed by atoms with van der Waals surface area (Å²) in [6.07, 6.45) is 2.05. The number of H-pyrrole nitrogens is 1. The van der Waals surface area contributed by atoms with E-state index in [9.17, 15) is 0 Å². The molecule has 0 aliphatic carbocycles. The average Bonchev–Trinajstić information content (AvgIpc) is 2.62. The summed E-state index contributed by atoms with van der Waals surface area (Å²) in [7, 11) is 0. The van der Waals surface area contributed by atoms with E-state index in [4.69, 9.17) is 11.6 Å². The molecule has 3 heteroatoms. The first-order valence-electron chi connectivity index (χ1n) is 4.60. The summed E-state index contributed by atoms with van der Waals surface area (Å²) in [5.74, 6) is 0.685. The van der Waals surface area contributed by atoms with Gasteiger partial charge >= 0.3 is 0 Å². The average molecular weight is 226 g/mol. The number of para-hydroxylation sites is 1. The zero-order valence-corrected chi connectivity index (χ0v) is 9.53. The molecule has 2 aromatic rings. The molecule has 1 atom stereocenters. The summed E-state index contributed by atoms with van der Waals surface area (Å²) in [4.78, 5) is 4.54. The smallest absolute Gasteiger partial charge is 0.0465 e. The van der Waals surface area contributed by atoms with Gasteiger partial charge in [0.15, 0.2) is 0 Å². The van der Waals surface area contributed by atoms with Crippen molar-refractivity contribution >= 4 is 34.3 Å². The molecule has 1 N–H and O–H groups in total. The first-order chi connectivity index (χ1) is 6.81. The highest BCUT2D eigenvalue weighted by Gasteiger charge is 2.07. The van der Waals surface area contributed by atoms with Gasteiger partial charge in [-0.3, -0.25) is 0 Å². The third-order valence-corrected chi connectivity index (χ3v) is 3.90. The normalized spacial score (nSPS) is 13.3. The van der Waals surface area contributed by atoms with Gasteiger partial charge in [-0.05, 0) is 6.07 Å². The van der Waals surface area contributed by atoms with Crippen LogP contribution in [-0.2, 0) is 0 Å². The lowest BCUT2D eigenvalue weighted by Gasteiger charge is -2.04. The lowest BCUT2D eigenvalue weighted by molar-refractivity contribution is 1.12. The second-order valence-corrected chi connectivity index (χ2v) is 5.07. The Morgan fingerprint density at radius 3 is 3.00 bits per heavy atom. The molecular weight excluding hydrogens is 214 g/mol. The highest BCUT2D eigenvalue weighted by molar-refractivity contribution is 8.00. The van der Waals surface area contributed by atoms with Gasteiger partial charge in [-0.25, -0.2) is 0 Å². The molecule has 0 aliphatic heterocycles. The molecule has 0 aliphatic rings. The standard InChI is InChI=1S/C11H12ClNS/c1-8(6-12)14-11-7-13-10-5-3-2-4-9(10)11/h2-5,7-8,13H,6H2,1H3. The number of aromatic nitrogens is 1. The van der Waals surface area contributed by atoms with Gasteiger partial charge < -0.3 is 4.98 Å². The molecule has 0 radical (unpaired) electrons. The van der Waals surface area contributed by atoms with Crippen molar-refractivity contribution in [2.75, 3.05) is 5.88 Å². The minimum atomic E-state index is 0.455. The van der Waals surface area contributed by atoms with Gasteiger partial charge in [0.2, 0.25) is 0 Å². The quantitative estimate of drug-likeness (QED) is 0.619. The van der Waals surface area contributed by atoms with Crippen LogP contribution in [0.15, 0.2) is 35.4 Å². The molecule has 0 fully saturated rings. The Morgan fingerprint density at radius 2 is 2.21 bits per heavy atom. The molecule has 1 nitrogen and oxygen atoms in total. The van der Waals surface area contributed by atoms with E-state index in [-0.39, 0.29) is 0 Å². The first kappa shape index (κ1) is 9.94. The van der Waals surface area contributed by atoms with E-state index in [1.54, 1.807) is 0 Å². The molecule has 1 aromatic carbocycles. The fourth-order valence-corrected chi connectivity index (χ4v) is 2.51. The van der Waals surface area contributed by atoms with E-state index in [1.807, 2.05) is 17.8 Å². The summed E-state index contributed by atoms with van der Waals surface area (Å²) in [5, 5.41) is 1.74.